The van der Waals surface area contributed by atoms with E-state index < -0.39 is 0 Å². The molecule has 2 rings (SSSR count). The number of anilines is 1. The third kappa shape index (κ3) is 2.16. The number of nitrogens with two attached hydrogens (primary N) is 1. The molecule has 0 atom stereocenters. The average Bonchev–Trinajstić information content (AvgIpc) is 2.85. The second-order valence-corrected chi connectivity index (χ2v) is 3.78. The minimum absolute atomic E-state index is 0.100. The Morgan fingerprint density at radius 1 is 1.67 bits per heavy atom. The Labute approximate surface area is 90.3 Å². The van der Waals surface area contributed by atoms with Crippen LogP contribution in [0.25, 0.3) is 0 Å². The number of H-pyrrole nitrogens is 1. The predicted molar refractivity (Wildman–Crippen MR) is 58.5 cm³/mol. The summed E-state index contributed by atoms with van der Waals surface area (Å²) < 4.78 is 0. The maximum atomic E-state index is 11.5. The van der Waals surface area contributed by atoms with Gasteiger partial charge in [-0.2, -0.15) is 16.4 Å². The zero-order valence-corrected chi connectivity index (χ0v) is 8.67. The topological polar surface area (TPSA) is 83.8 Å². The Morgan fingerprint density at radius 2 is 2.53 bits per heavy atom. The van der Waals surface area contributed by atoms with Crippen LogP contribution in [0.4, 0.5) is 5.82 Å². The van der Waals surface area contributed by atoms with Crippen molar-refractivity contribution >= 4 is 23.1 Å². The Hall–Kier alpha value is -1.82. The van der Waals surface area contributed by atoms with E-state index in [1.165, 1.54) is 11.3 Å². The highest BCUT2D eigenvalue weighted by atomic mass is 32.1. The lowest BCUT2D eigenvalue weighted by atomic mass is 10.3. The highest BCUT2D eigenvalue weighted by Crippen LogP contribution is 2.08. The Kier molecular flexibility index (Phi) is 2.68. The van der Waals surface area contributed by atoms with Gasteiger partial charge >= 0.3 is 0 Å². The Bertz CT molecular complexity index is 448. The Morgan fingerprint density at radius 3 is 3.13 bits per heavy atom. The van der Waals surface area contributed by atoms with Crippen molar-refractivity contribution in [3.63, 3.8) is 0 Å². The first kappa shape index (κ1) is 9.72. The van der Waals surface area contributed by atoms with Crippen LogP contribution in [0, 0.1) is 0 Å². The molecule has 5 nitrogen and oxygen atoms in total. The van der Waals surface area contributed by atoms with E-state index in [4.69, 9.17) is 5.73 Å². The number of aromatic amines is 1. The molecule has 0 fully saturated rings. The van der Waals surface area contributed by atoms with Gasteiger partial charge in [0.2, 0.25) is 0 Å². The highest BCUT2D eigenvalue weighted by molar-refractivity contribution is 7.08. The first-order chi connectivity index (χ1) is 7.27. The van der Waals surface area contributed by atoms with Crippen molar-refractivity contribution in [2.45, 2.75) is 6.54 Å². The number of carbonyl (C=O) groups is 1. The summed E-state index contributed by atoms with van der Waals surface area (Å²) >= 11 is 1.49. The Balaban J connectivity index is 1.95. The van der Waals surface area contributed by atoms with Gasteiger partial charge < -0.3 is 11.1 Å². The normalized spacial score (nSPS) is 10.1. The highest BCUT2D eigenvalue weighted by Gasteiger charge is 2.06. The third-order valence-corrected chi connectivity index (χ3v) is 2.66. The molecular weight excluding hydrogens is 212 g/mol. The van der Waals surface area contributed by atoms with Crippen molar-refractivity contribution in [3.8, 4) is 0 Å². The largest absolute Gasteiger partial charge is 0.384 e. The molecule has 78 valence electrons. The molecule has 15 heavy (non-hydrogen) atoms. The number of carbonyl (C=O) groups excluding carboxylic acids is 1. The summed E-state index contributed by atoms with van der Waals surface area (Å²) in [6, 6.07) is 1.78. The van der Waals surface area contributed by atoms with Gasteiger partial charge in [-0.15, -0.1) is 0 Å². The van der Waals surface area contributed by atoms with E-state index in [1.807, 2.05) is 5.38 Å². The monoisotopic (exact) mass is 222 g/mol. The second kappa shape index (κ2) is 4.14. The van der Waals surface area contributed by atoms with Crippen molar-refractivity contribution in [1.29, 1.82) is 0 Å². The molecule has 0 spiro atoms. The molecule has 0 aliphatic rings. The lowest BCUT2D eigenvalue weighted by Gasteiger charge is -2.01. The third-order valence-electron chi connectivity index (χ3n) is 1.97. The van der Waals surface area contributed by atoms with Crippen LogP contribution >= 0.6 is 11.3 Å². The molecule has 2 heterocycles. The van der Waals surface area contributed by atoms with Crippen LogP contribution in [-0.4, -0.2) is 16.1 Å². The summed E-state index contributed by atoms with van der Waals surface area (Å²) in [4.78, 5) is 11.5. The van der Waals surface area contributed by atoms with Crippen molar-refractivity contribution in [2.75, 3.05) is 5.73 Å². The lowest BCUT2D eigenvalue weighted by molar-refractivity contribution is 0.0951. The van der Waals surface area contributed by atoms with E-state index in [0.29, 0.717) is 17.9 Å². The van der Waals surface area contributed by atoms with Crippen LogP contribution in [0.2, 0.25) is 0 Å². The quantitative estimate of drug-likeness (QED) is 0.724. The fourth-order valence-electron chi connectivity index (χ4n) is 1.13. The molecule has 0 aromatic carbocycles. The fourth-order valence-corrected chi connectivity index (χ4v) is 1.77. The van der Waals surface area contributed by atoms with E-state index in [-0.39, 0.29) is 5.91 Å². The van der Waals surface area contributed by atoms with E-state index in [1.54, 1.807) is 17.6 Å². The minimum atomic E-state index is -0.100. The van der Waals surface area contributed by atoms with E-state index >= 15 is 0 Å². The number of nitrogen functional groups attached to an aromatic ring is 1. The zero-order valence-electron chi connectivity index (χ0n) is 7.86. The van der Waals surface area contributed by atoms with E-state index in [0.717, 1.165) is 5.56 Å². The summed E-state index contributed by atoms with van der Waals surface area (Å²) in [6.45, 7) is 0.386. The molecule has 2 aromatic heterocycles. The first-order valence-corrected chi connectivity index (χ1v) is 5.30. The van der Waals surface area contributed by atoms with Crippen LogP contribution in [-0.2, 0) is 6.54 Å². The maximum Gasteiger partial charge on any atom is 0.252 e. The molecule has 0 aliphatic heterocycles. The molecule has 0 aliphatic carbocycles. The molecule has 6 heteroatoms. The minimum Gasteiger partial charge on any atom is -0.384 e. The van der Waals surface area contributed by atoms with Gasteiger partial charge in [-0.3, -0.25) is 9.89 Å². The molecule has 1 amide bonds. The van der Waals surface area contributed by atoms with Crippen LogP contribution in [0.5, 0.6) is 0 Å². The smallest absolute Gasteiger partial charge is 0.252 e. The number of rotatable bonds is 3. The number of nitrogens with one attached hydrogen (secondary N) is 2. The summed E-state index contributed by atoms with van der Waals surface area (Å²) in [7, 11) is 0. The summed E-state index contributed by atoms with van der Waals surface area (Å²) in [5.41, 5.74) is 7.04. The van der Waals surface area contributed by atoms with Gasteiger partial charge in [0.25, 0.3) is 5.91 Å². The standard InChI is InChI=1S/C9H10N4OS/c10-8-7(4-12-13-8)3-11-9(14)6-1-2-15-5-6/h1-2,4-5H,3H2,(H,11,14)(H3,10,12,13). The SMILES string of the molecule is Nc1[nH]ncc1CNC(=O)c1ccsc1. The van der Waals surface area contributed by atoms with Gasteiger partial charge in [0.1, 0.15) is 5.82 Å². The first-order valence-electron chi connectivity index (χ1n) is 4.35. The van der Waals surface area contributed by atoms with Gasteiger partial charge in [0.15, 0.2) is 0 Å². The molecule has 0 radical (unpaired) electrons. The number of aromatic nitrogens is 2. The summed E-state index contributed by atoms with van der Waals surface area (Å²) in [5.74, 6) is 0.387. The summed E-state index contributed by atoms with van der Waals surface area (Å²) in [5, 5.41) is 12.8. The molecule has 4 N–H and O–H groups in total. The molecule has 0 bridgehead atoms. The predicted octanol–water partition coefficient (Wildman–Crippen LogP) is 0.983. The van der Waals surface area contributed by atoms with Crippen LogP contribution in [0.1, 0.15) is 15.9 Å². The molecule has 2 aromatic rings. The number of hydrogen-bond donors (Lipinski definition) is 3. The van der Waals surface area contributed by atoms with E-state index in [9.17, 15) is 4.79 Å². The summed E-state index contributed by atoms with van der Waals surface area (Å²) in [6.07, 6.45) is 1.60. The number of nitrogens with zero attached hydrogens (tertiary/aromatic N) is 1. The van der Waals surface area contributed by atoms with E-state index in [2.05, 4.69) is 15.5 Å². The second-order valence-electron chi connectivity index (χ2n) is 3.00. The molecule has 0 saturated carbocycles. The van der Waals surface area contributed by atoms with Crippen molar-refractivity contribution < 1.29 is 4.79 Å². The van der Waals surface area contributed by atoms with Crippen LogP contribution in [0.3, 0.4) is 0 Å². The van der Waals surface area contributed by atoms with Gasteiger partial charge in [-0.1, -0.05) is 0 Å². The number of amides is 1. The fraction of sp³-hybridized carbons (Fsp3) is 0.111. The maximum absolute atomic E-state index is 11.5. The van der Waals surface area contributed by atoms with Crippen LogP contribution in [0.15, 0.2) is 23.0 Å². The molecule has 0 unspecified atom stereocenters. The van der Waals surface area contributed by atoms with Gasteiger partial charge in [-0.25, -0.2) is 0 Å². The lowest BCUT2D eigenvalue weighted by Crippen LogP contribution is -2.22. The zero-order chi connectivity index (χ0) is 10.7. The van der Waals surface area contributed by atoms with Crippen molar-refractivity contribution in [2.24, 2.45) is 0 Å². The van der Waals surface area contributed by atoms with Gasteiger partial charge in [0.05, 0.1) is 6.20 Å². The van der Waals surface area contributed by atoms with Crippen LogP contribution < -0.4 is 11.1 Å². The van der Waals surface area contributed by atoms with Gasteiger partial charge in [0, 0.05) is 23.1 Å². The van der Waals surface area contributed by atoms with Gasteiger partial charge in [-0.05, 0) is 11.4 Å². The molecular formula is C9H10N4OS. The molecule has 0 saturated heterocycles. The number of thiophene rings is 1. The number of hydrogen-bond acceptors (Lipinski definition) is 4. The average molecular weight is 222 g/mol. The van der Waals surface area contributed by atoms with Crippen molar-refractivity contribution in [1.82, 2.24) is 15.5 Å². The van der Waals surface area contributed by atoms with Crippen molar-refractivity contribution in [3.05, 3.63) is 34.2 Å².